The van der Waals surface area contributed by atoms with Gasteiger partial charge in [0.05, 0.1) is 11.0 Å². The van der Waals surface area contributed by atoms with Gasteiger partial charge in [-0.1, -0.05) is 148 Å². The number of para-hydroxylation sites is 1. The molecule has 0 bridgehead atoms. The van der Waals surface area contributed by atoms with Gasteiger partial charge in [-0.2, -0.15) is 10.4 Å². The van der Waals surface area contributed by atoms with Gasteiger partial charge in [-0.15, -0.1) is 28.9 Å². The van der Waals surface area contributed by atoms with E-state index < -0.39 is 8.07 Å². The van der Waals surface area contributed by atoms with E-state index in [4.69, 9.17) is 0 Å². The predicted octanol–water partition coefficient (Wildman–Crippen LogP) is 12.1. The maximum absolute atomic E-state index is 2.75. The van der Waals surface area contributed by atoms with E-state index in [1.807, 2.05) is 0 Å². The number of nitrogens with zero attached hydrogens (tertiary/aromatic N) is 1. The zero-order valence-corrected chi connectivity index (χ0v) is 31.3. The lowest BCUT2D eigenvalue weighted by Gasteiger charge is -2.57. The fraction of sp³-hybridized carbons (Fsp3) is 0.292. The molecule has 1 nitrogen and oxygen atoms in total. The van der Waals surface area contributed by atoms with Crippen LogP contribution in [0.5, 0.6) is 0 Å². The van der Waals surface area contributed by atoms with Crippen molar-refractivity contribution in [2.45, 2.75) is 85.4 Å². The first-order valence-corrected chi connectivity index (χ1v) is 22.6. The van der Waals surface area contributed by atoms with Crippen LogP contribution in [-0.4, -0.2) is 17.9 Å². The van der Waals surface area contributed by atoms with Crippen LogP contribution in [0.4, 0.5) is 0 Å². The Kier molecular flexibility index (Phi) is 8.18. The lowest BCUT2D eigenvalue weighted by atomic mass is 9.79. The van der Waals surface area contributed by atoms with Crippen LogP contribution in [-0.2, 0) is 0 Å². The summed E-state index contributed by atoms with van der Waals surface area (Å²) < 4.78 is 2.60. The van der Waals surface area contributed by atoms with Gasteiger partial charge < -0.3 is 4.57 Å². The molecular formula is C48H47NSSi-. The van der Waals surface area contributed by atoms with Crippen LogP contribution in [0.15, 0.2) is 150 Å². The summed E-state index contributed by atoms with van der Waals surface area (Å²) in [6, 6.07) is 37.9. The minimum absolute atomic E-state index is 0.533. The van der Waals surface area contributed by atoms with E-state index in [0.717, 1.165) is 6.42 Å². The second-order valence-corrected chi connectivity index (χ2v) is 21.3. The number of fused-ring (bicyclic) bond motifs is 6. The molecule has 5 atom stereocenters. The van der Waals surface area contributed by atoms with E-state index in [-0.39, 0.29) is 0 Å². The lowest BCUT2D eigenvalue weighted by molar-refractivity contribution is 0.516. The highest BCUT2D eigenvalue weighted by Crippen LogP contribution is 2.53. The standard InChI is InChI=1S/C48H47NSSi/c1-4-14-36(15-5-1)49-45-22-12-10-20-41(45)44-33-40(29-31-46(44)49)51(37-16-6-2-7-17-37,38-18-8-3-9-19-38)39-27-24-34(25-28-39)35-26-30-43-42-21-11-13-23-47(42)50-48(43)32-35/h2-3,6-14,16-18,20-24,29-31,33,35,38-39,48H,1,4-5,15,19,25-28,32H2/q-1. The van der Waals surface area contributed by atoms with Gasteiger partial charge in [0.1, 0.15) is 0 Å². The number of benzene rings is 4. The van der Waals surface area contributed by atoms with Crippen molar-refractivity contribution in [3.05, 3.63) is 151 Å². The topological polar surface area (TPSA) is 4.93 Å². The molecule has 51 heavy (non-hydrogen) atoms. The Morgan fingerprint density at radius 3 is 2.39 bits per heavy atom. The maximum Gasteiger partial charge on any atom is 0.0537 e. The van der Waals surface area contributed by atoms with Crippen LogP contribution >= 0.6 is 11.8 Å². The first-order chi connectivity index (χ1) is 25.3. The molecule has 3 heteroatoms. The molecule has 0 saturated heterocycles. The summed E-state index contributed by atoms with van der Waals surface area (Å²) in [6.07, 6.45) is 29.8. The molecule has 4 aliphatic carbocycles. The molecule has 1 aromatic heterocycles. The van der Waals surface area contributed by atoms with Crippen molar-refractivity contribution in [3.8, 4) is 0 Å². The van der Waals surface area contributed by atoms with Crippen molar-refractivity contribution in [2.75, 3.05) is 0 Å². The van der Waals surface area contributed by atoms with Crippen LogP contribution in [0.25, 0.3) is 33.1 Å². The van der Waals surface area contributed by atoms with Gasteiger partial charge in [0.15, 0.2) is 0 Å². The van der Waals surface area contributed by atoms with Gasteiger partial charge in [-0.25, -0.2) is 0 Å². The Labute approximate surface area is 308 Å². The zero-order chi connectivity index (χ0) is 33.8. The minimum Gasteiger partial charge on any atom is -0.313 e. The summed E-state index contributed by atoms with van der Waals surface area (Å²) in [7, 11) is -2.35. The third-order valence-electron chi connectivity index (χ3n) is 13.1. The van der Waals surface area contributed by atoms with E-state index in [0.29, 0.717) is 22.3 Å². The largest absolute Gasteiger partial charge is 0.313 e. The van der Waals surface area contributed by atoms with E-state index in [1.165, 1.54) is 95.7 Å². The Hall–Kier alpha value is -4.05. The van der Waals surface area contributed by atoms with E-state index in [2.05, 4.69) is 156 Å². The average molecular weight is 698 g/mol. The molecule has 0 fully saturated rings. The van der Waals surface area contributed by atoms with Crippen LogP contribution in [0.2, 0.25) is 11.1 Å². The minimum atomic E-state index is -2.35. The third-order valence-corrected chi connectivity index (χ3v) is 20.4. The van der Waals surface area contributed by atoms with E-state index >= 15 is 0 Å². The van der Waals surface area contributed by atoms with Crippen molar-refractivity contribution in [3.63, 3.8) is 0 Å². The summed E-state index contributed by atoms with van der Waals surface area (Å²) in [4.78, 5) is 1.48. The highest BCUT2D eigenvalue weighted by atomic mass is 32.2. The van der Waals surface area contributed by atoms with Gasteiger partial charge in [-0.05, 0) is 80.2 Å². The number of thioether (sulfide) groups is 1. The first kappa shape index (κ1) is 31.7. The summed E-state index contributed by atoms with van der Waals surface area (Å²) in [5.41, 5.74) is 10.3. The van der Waals surface area contributed by atoms with Crippen molar-refractivity contribution in [1.82, 2.24) is 4.57 Å². The van der Waals surface area contributed by atoms with Crippen molar-refractivity contribution in [1.29, 1.82) is 0 Å². The van der Waals surface area contributed by atoms with Gasteiger partial charge >= 0.3 is 0 Å². The van der Waals surface area contributed by atoms with Crippen LogP contribution in [0, 0.1) is 5.92 Å². The van der Waals surface area contributed by atoms with Crippen molar-refractivity contribution in [2.24, 2.45) is 5.92 Å². The molecule has 0 radical (unpaired) electrons. The maximum atomic E-state index is 2.75. The molecular weight excluding hydrogens is 651 g/mol. The molecule has 0 saturated carbocycles. The quantitative estimate of drug-likeness (QED) is 0.126. The SMILES string of the molecule is C1=CCC([Si-](c2ccccc2)(c2ccc3c(c2)c2ccccc2n3C2=CCCCC2)C2CC=C(C3CC=C4c5ccccc5SC4C3)CC2)C=C1. The highest BCUT2D eigenvalue weighted by Gasteiger charge is 2.40. The molecule has 5 aliphatic rings. The highest BCUT2D eigenvalue weighted by molar-refractivity contribution is 8.00. The zero-order valence-electron chi connectivity index (χ0n) is 29.5. The monoisotopic (exact) mass is 697 g/mol. The number of rotatable bonds is 6. The summed E-state index contributed by atoms with van der Waals surface area (Å²) in [5, 5.41) is 6.69. The second kappa shape index (κ2) is 13.2. The van der Waals surface area contributed by atoms with Crippen molar-refractivity contribution < 1.29 is 0 Å². The number of allylic oxidation sites excluding steroid dienone is 9. The Morgan fingerprint density at radius 1 is 0.686 bits per heavy atom. The summed E-state index contributed by atoms with van der Waals surface area (Å²) >= 11 is 2.11. The summed E-state index contributed by atoms with van der Waals surface area (Å²) in [6.45, 7) is 0. The van der Waals surface area contributed by atoms with Gasteiger partial charge in [-0.3, -0.25) is 0 Å². The molecule has 5 unspecified atom stereocenters. The van der Waals surface area contributed by atoms with Crippen molar-refractivity contribution >= 4 is 63.3 Å². The van der Waals surface area contributed by atoms with Gasteiger partial charge in [0.2, 0.25) is 0 Å². The fourth-order valence-electron chi connectivity index (χ4n) is 10.7. The third kappa shape index (κ3) is 5.26. The Bertz CT molecular complexity index is 2280. The smallest absolute Gasteiger partial charge is 0.0537 e. The average Bonchev–Trinajstić information content (AvgIpc) is 3.75. The number of aromatic nitrogens is 1. The first-order valence-electron chi connectivity index (χ1n) is 19.6. The van der Waals surface area contributed by atoms with E-state index in [1.54, 1.807) is 21.5 Å². The lowest BCUT2D eigenvalue weighted by Crippen LogP contribution is -2.64. The van der Waals surface area contributed by atoms with Crippen LogP contribution < -0.4 is 10.4 Å². The number of hydrogen-bond acceptors (Lipinski definition) is 1. The molecule has 0 spiro atoms. The summed E-state index contributed by atoms with van der Waals surface area (Å²) in [5.74, 6) is 0.684. The van der Waals surface area contributed by atoms with Gasteiger partial charge in [0, 0.05) is 26.6 Å². The van der Waals surface area contributed by atoms with E-state index in [9.17, 15) is 0 Å². The molecule has 5 aromatic rings. The molecule has 10 rings (SSSR count). The molecule has 2 heterocycles. The Morgan fingerprint density at radius 2 is 1.55 bits per heavy atom. The number of hydrogen-bond donors (Lipinski definition) is 0. The molecule has 0 N–H and O–H groups in total. The molecule has 4 aromatic carbocycles. The normalized spacial score (nSPS) is 25.5. The molecule has 1 aliphatic heterocycles. The molecule has 255 valence electrons. The van der Waals surface area contributed by atoms with Gasteiger partial charge in [0.25, 0.3) is 0 Å². The predicted molar refractivity (Wildman–Crippen MR) is 223 cm³/mol. The Balaban J connectivity index is 1.08. The van der Waals surface area contributed by atoms with Crippen LogP contribution in [0.1, 0.15) is 69.8 Å². The second-order valence-electron chi connectivity index (χ2n) is 15.6. The molecule has 0 amide bonds. The fourth-order valence-corrected chi connectivity index (χ4v) is 18.4. The van der Waals surface area contributed by atoms with Crippen LogP contribution in [0.3, 0.4) is 0 Å².